The molecule has 0 fully saturated rings. The zero-order valence-corrected chi connectivity index (χ0v) is 11.5. The van der Waals surface area contributed by atoms with Gasteiger partial charge < -0.3 is 5.21 Å². The fourth-order valence-electron chi connectivity index (χ4n) is 1.45. The molecule has 9 heteroatoms. The molecule has 5 nitrogen and oxygen atoms in total. The van der Waals surface area contributed by atoms with Crippen molar-refractivity contribution in [3.8, 4) is 6.19 Å². The molecule has 110 valence electrons. The van der Waals surface area contributed by atoms with E-state index in [2.05, 4.69) is 5.87 Å². The van der Waals surface area contributed by atoms with Gasteiger partial charge in [0.25, 0.3) is 5.69 Å². The van der Waals surface area contributed by atoms with Crippen LogP contribution in [0.4, 0.5) is 13.2 Å². The van der Waals surface area contributed by atoms with Crippen LogP contribution in [0.3, 0.4) is 0 Å². The van der Waals surface area contributed by atoms with Gasteiger partial charge >= 0.3 is 6.18 Å². The molecular weight excluding hydrogens is 295 g/mol. The minimum atomic E-state index is -4.78. The summed E-state index contributed by atoms with van der Waals surface area (Å²) in [6, 6.07) is 1.65. The van der Waals surface area contributed by atoms with Crippen molar-refractivity contribution < 1.29 is 22.1 Å². The molecule has 0 saturated heterocycles. The van der Waals surface area contributed by atoms with Crippen LogP contribution in [0, 0.1) is 16.7 Å². The van der Waals surface area contributed by atoms with Gasteiger partial charge in [0.15, 0.2) is 12.4 Å². The van der Waals surface area contributed by atoms with E-state index in [-0.39, 0.29) is 10.3 Å². The topological polar surface area (TPSA) is 79.8 Å². The van der Waals surface area contributed by atoms with Crippen molar-refractivity contribution in [1.29, 1.82) is 5.26 Å². The second-order valence-corrected chi connectivity index (χ2v) is 7.10. The summed E-state index contributed by atoms with van der Waals surface area (Å²) < 4.78 is 50.1. The van der Waals surface area contributed by atoms with Crippen molar-refractivity contribution in [2.75, 3.05) is 0 Å². The summed E-state index contributed by atoms with van der Waals surface area (Å²) in [5, 5.41) is 19.9. The summed E-state index contributed by atoms with van der Waals surface area (Å²) in [5.41, 5.74) is -1.30. The number of rotatable bonds is 3. The van der Waals surface area contributed by atoms with E-state index in [0.717, 1.165) is 6.07 Å². The summed E-state index contributed by atoms with van der Waals surface area (Å²) in [6.45, 7) is 2.82. The number of nitriles is 1. The molecule has 0 aliphatic carbocycles. The summed E-state index contributed by atoms with van der Waals surface area (Å²) in [6.07, 6.45) is -2.61. The Balaban J connectivity index is 3.37. The highest BCUT2D eigenvalue weighted by Gasteiger charge is 2.41. The zero-order chi connectivity index (χ0) is 15.8. The SMILES string of the molecule is C=S(=O)(NC#N)C(C)(C)c1ccc(C(F)(F)F)[n+]([O-])c1. The van der Waals surface area contributed by atoms with Crippen molar-refractivity contribution in [2.24, 2.45) is 0 Å². The lowest BCUT2D eigenvalue weighted by Crippen LogP contribution is -2.42. The van der Waals surface area contributed by atoms with Gasteiger partial charge in [0.1, 0.15) is 0 Å². The van der Waals surface area contributed by atoms with Gasteiger partial charge in [0, 0.05) is 11.6 Å². The molecule has 0 aliphatic heterocycles. The van der Waals surface area contributed by atoms with E-state index in [0.29, 0.717) is 12.3 Å². The van der Waals surface area contributed by atoms with Gasteiger partial charge in [-0.15, -0.1) is 0 Å². The first-order valence-electron chi connectivity index (χ1n) is 5.27. The van der Waals surface area contributed by atoms with Crippen molar-refractivity contribution in [3.05, 3.63) is 34.8 Å². The Morgan fingerprint density at radius 2 is 2.00 bits per heavy atom. The molecule has 0 bridgehead atoms. The third-order valence-electron chi connectivity index (χ3n) is 2.94. The van der Waals surface area contributed by atoms with Crippen LogP contribution in [-0.2, 0) is 20.6 Å². The lowest BCUT2D eigenvalue weighted by atomic mass is 10.0. The lowest BCUT2D eigenvalue weighted by Gasteiger charge is -2.27. The summed E-state index contributed by atoms with van der Waals surface area (Å²) in [7, 11) is -3.17. The number of nitrogens with one attached hydrogen (secondary N) is 1. The van der Waals surface area contributed by atoms with Gasteiger partial charge in [0.2, 0.25) is 0 Å². The first-order valence-corrected chi connectivity index (χ1v) is 7.00. The Kier molecular flexibility index (Phi) is 3.92. The first-order chi connectivity index (χ1) is 8.93. The zero-order valence-electron chi connectivity index (χ0n) is 10.7. The largest absolute Gasteiger partial charge is 0.618 e. The average molecular weight is 307 g/mol. The summed E-state index contributed by atoms with van der Waals surface area (Å²) in [5.74, 6) is 3.37. The number of pyridine rings is 1. The van der Waals surface area contributed by atoms with Crippen molar-refractivity contribution in [2.45, 2.75) is 24.8 Å². The van der Waals surface area contributed by atoms with Gasteiger partial charge in [0.05, 0.1) is 14.5 Å². The van der Waals surface area contributed by atoms with E-state index < -0.39 is 26.3 Å². The third kappa shape index (κ3) is 2.80. The van der Waals surface area contributed by atoms with Gasteiger partial charge in [-0.05, 0) is 25.8 Å². The van der Waals surface area contributed by atoms with Crippen LogP contribution in [0.1, 0.15) is 25.1 Å². The van der Waals surface area contributed by atoms with Crippen LogP contribution in [0.25, 0.3) is 0 Å². The average Bonchev–Trinajstić information content (AvgIpc) is 2.26. The van der Waals surface area contributed by atoms with E-state index >= 15 is 0 Å². The second-order valence-electron chi connectivity index (χ2n) is 4.53. The number of halogens is 3. The summed E-state index contributed by atoms with van der Waals surface area (Å²) in [4.78, 5) is 0. The normalized spacial score (nSPS) is 15.2. The highest BCUT2D eigenvalue weighted by Crippen LogP contribution is 2.31. The van der Waals surface area contributed by atoms with Gasteiger partial charge in [-0.25, -0.2) is 8.93 Å². The van der Waals surface area contributed by atoms with Crippen molar-refractivity contribution >= 4 is 15.6 Å². The van der Waals surface area contributed by atoms with E-state index in [9.17, 15) is 22.6 Å². The number of hydrogen-bond acceptors (Lipinski definition) is 3. The molecule has 1 aromatic heterocycles. The molecule has 1 N–H and O–H groups in total. The minimum absolute atomic E-state index is 0.0725. The quantitative estimate of drug-likeness (QED) is 0.300. The molecule has 0 amide bonds. The Morgan fingerprint density at radius 1 is 1.45 bits per heavy atom. The molecule has 0 aliphatic rings. The Morgan fingerprint density at radius 3 is 2.40 bits per heavy atom. The lowest BCUT2D eigenvalue weighted by molar-refractivity contribution is -0.629. The van der Waals surface area contributed by atoms with Gasteiger partial charge in [-0.3, -0.25) is 0 Å². The highest BCUT2D eigenvalue weighted by atomic mass is 32.2. The second kappa shape index (κ2) is 4.86. The van der Waals surface area contributed by atoms with Crippen LogP contribution in [-0.4, -0.2) is 10.1 Å². The molecular formula is C11H12F3N3O2S. The molecule has 1 rings (SSSR count). The van der Waals surface area contributed by atoms with E-state index in [4.69, 9.17) is 5.26 Å². The molecule has 1 atom stereocenters. The maximum Gasteiger partial charge on any atom is 0.478 e. The monoisotopic (exact) mass is 307 g/mol. The Labute approximate surface area is 114 Å². The number of nitrogens with zero attached hydrogens (tertiary/aromatic N) is 2. The van der Waals surface area contributed by atoms with Gasteiger partial charge in [-0.1, -0.05) is 0 Å². The van der Waals surface area contributed by atoms with Crippen LogP contribution in [0.5, 0.6) is 0 Å². The molecule has 0 radical (unpaired) electrons. The Hall–Kier alpha value is -1.95. The highest BCUT2D eigenvalue weighted by molar-refractivity contribution is 7.99. The van der Waals surface area contributed by atoms with E-state index in [1.807, 2.05) is 4.72 Å². The fraction of sp³-hybridized carbons (Fsp3) is 0.364. The minimum Gasteiger partial charge on any atom is -0.618 e. The maximum absolute atomic E-state index is 12.5. The molecule has 20 heavy (non-hydrogen) atoms. The van der Waals surface area contributed by atoms with Crippen LogP contribution < -0.4 is 9.45 Å². The van der Waals surface area contributed by atoms with Crippen molar-refractivity contribution in [3.63, 3.8) is 0 Å². The first kappa shape index (κ1) is 16.1. The maximum atomic E-state index is 12.5. The van der Waals surface area contributed by atoms with E-state index in [1.54, 1.807) is 0 Å². The molecule has 0 saturated carbocycles. The molecule has 0 spiro atoms. The molecule has 1 aromatic rings. The van der Waals surface area contributed by atoms with Gasteiger partial charge in [-0.2, -0.15) is 23.2 Å². The molecule has 1 unspecified atom stereocenters. The Bertz CT molecular complexity index is 660. The summed E-state index contributed by atoms with van der Waals surface area (Å²) >= 11 is 0. The number of hydrogen-bond donors (Lipinski definition) is 1. The smallest absolute Gasteiger partial charge is 0.478 e. The molecule has 0 aromatic carbocycles. The number of aromatic nitrogens is 1. The molecule has 1 heterocycles. The fourth-order valence-corrected chi connectivity index (χ4v) is 2.35. The van der Waals surface area contributed by atoms with Crippen LogP contribution >= 0.6 is 0 Å². The van der Waals surface area contributed by atoms with Crippen molar-refractivity contribution in [1.82, 2.24) is 4.72 Å². The standard InChI is InChI=1S/C11H12F3N3O2S/c1-10(2,20(3,19)16-7-15)8-4-5-9(11(12,13)14)17(18)6-8/h4-6H,3H2,1-2H3,(H,16,19). The predicted octanol–water partition coefficient (Wildman–Crippen LogP) is 1.28. The van der Waals surface area contributed by atoms with Crippen LogP contribution in [0.2, 0.25) is 0 Å². The third-order valence-corrected chi connectivity index (χ3v) is 5.24. The van der Waals surface area contributed by atoms with E-state index in [1.165, 1.54) is 20.0 Å². The number of alkyl halides is 3. The van der Waals surface area contributed by atoms with Crippen LogP contribution in [0.15, 0.2) is 18.3 Å². The predicted molar refractivity (Wildman–Crippen MR) is 67.4 cm³/mol.